The predicted octanol–water partition coefficient (Wildman–Crippen LogP) is 3.08. The minimum absolute atomic E-state index is 0.0587. The first-order chi connectivity index (χ1) is 17.1. The standard InChI is InChI=1S/C26H28N4O5/c31-20-12-14-29(16-20)26(33)19-8-6-7-18(15-19)24-27-25(35-28-24)22-11-4-5-13-30(22)23(32)17-34-21-9-2-1-3-10-21/h1-3,6-10,15,20,22,31H,4-5,11-14,16-17H2. The summed E-state index contributed by atoms with van der Waals surface area (Å²) in [5.41, 5.74) is 1.17. The molecule has 2 amide bonds. The first kappa shape index (κ1) is 23.0. The predicted molar refractivity (Wildman–Crippen MR) is 127 cm³/mol. The summed E-state index contributed by atoms with van der Waals surface area (Å²) in [7, 11) is 0. The maximum absolute atomic E-state index is 13.0. The summed E-state index contributed by atoms with van der Waals surface area (Å²) in [4.78, 5) is 33.7. The third kappa shape index (κ3) is 5.19. The van der Waals surface area contributed by atoms with E-state index in [2.05, 4.69) is 10.1 Å². The Morgan fingerprint density at radius 1 is 1.06 bits per heavy atom. The van der Waals surface area contributed by atoms with E-state index in [0.29, 0.717) is 54.6 Å². The van der Waals surface area contributed by atoms with Gasteiger partial charge in [-0.25, -0.2) is 0 Å². The number of likely N-dealkylation sites (tertiary alicyclic amines) is 2. The monoisotopic (exact) mass is 476 g/mol. The second-order valence-corrected chi connectivity index (χ2v) is 8.93. The summed E-state index contributed by atoms with van der Waals surface area (Å²) in [6, 6.07) is 16.0. The van der Waals surface area contributed by atoms with Crippen LogP contribution < -0.4 is 4.74 Å². The lowest BCUT2D eigenvalue weighted by Crippen LogP contribution is -2.41. The Morgan fingerprint density at radius 2 is 1.91 bits per heavy atom. The zero-order valence-electron chi connectivity index (χ0n) is 19.4. The van der Waals surface area contributed by atoms with Crippen LogP contribution in [0.4, 0.5) is 0 Å². The van der Waals surface area contributed by atoms with Gasteiger partial charge < -0.3 is 24.2 Å². The van der Waals surface area contributed by atoms with Crippen LogP contribution in [-0.4, -0.2) is 69.2 Å². The summed E-state index contributed by atoms with van der Waals surface area (Å²) < 4.78 is 11.2. The van der Waals surface area contributed by atoms with Gasteiger partial charge in [0.05, 0.1) is 6.10 Å². The van der Waals surface area contributed by atoms with Gasteiger partial charge in [0.1, 0.15) is 11.8 Å². The van der Waals surface area contributed by atoms with Crippen molar-refractivity contribution in [3.05, 3.63) is 66.1 Å². The number of piperidine rings is 1. The molecule has 182 valence electrons. The summed E-state index contributed by atoms with van der Waals surface area (Å²) >= 11 is 0. The number of amides is 2. The van der Waals surface area contributed by atoms with Crippen LogP contribution in [0.3, 0.4) is 0 Å². The van der Waals surface area contributed by atoms with Gasteiger partial charge in [-0.3, -0.25) is 9.59 Å². The molecule has 3 aromatic rings. The molecule has 2 aliphatic heterocycles. The second-order valence-electron chi connectivity index (χ2n) is 8.93. The minimum Gasteiger partial charge on any atom is -0.484 e. The van der Waals surface area contributed by atoms with Gasteiger partial charge in [-0.05, 0) is 49.9 Å². The van der Waals surface area contributed by atoms with Crippen molar-refractivity contribution in [1.82, 2.24) is 19.9 Å². The van der Waals surface area contributed by atoms with E-state index in [0.717, 1.165) is 19.3 Å². The SMILES string of the molecule is O=C(c1cccc(-c2noc(C3CCCCN3C(=O)COc3ccccc3)n2)c1)N1CCC(O)C1. The highest BCUT2D eigenvalue weighted by Crippen LogP contribution is 2.31. The van der Waals surface area contributed by atoms with E-state index >= 15 is 0 Å². The molecule has 9 nitrogen and oxygen atoms in total. The van der Waals surface area contributed by atoms with Crippen LogP contribution in [0.25, 0.3) is 11.4 Å². The molecule has 35 heavy (non-hydrogen) atoms. The van der Waals surface area contributed by atoms with Gasteiger partial charge >= 0.3 is 0 Å². The number of ether oxygens (including phenoxy) is 1. The number of aromatic nitrogens is 2. The number of aliphatic hydroxyl groups excluding tert-OH is 1. The van der Waals surface area contributed by atoms with Crippen molar-refractivity contribution in [2.75, 3.05) is 26.2 Å². The largest absolute Gasteiger partial charge is 0.484 e. The molecular formula is C26H28N4O5. The van der Waals surface area contributed by atoms with Crippen LogP contribution >= 0.6 is 0 Å². The number of β-amino-alcohol motifs (C(OH)–C–C–N with tert-alkyl or cyclic N) is 1. The van der Waals surface area contributed by atoms with Gasteiger partial charge in [0.2, 0.25) is 11.7 Å². The third-order valence-corrected chi connectivity index (χ3v) is 6.47. The van der Waals surface area contributed by atoms with Crippen LogP contribution in [0.15, 0.2) is 59.1 Å². The van der Waals surface area contributed by atoms with E-state index in [9.17, 15) is 14.7 Å². The van der Waals surface area contributed by atoms with E-state index in [4.69, 9.17) is 9.26 Å². The van der Waals surface area contributed by atoms with E-state index in [1.54, 1.807) is 28.0 Å². The number of carbonyl (C=O) groups is 2. The molecule has 3 heterocycles. The zero-order valence-corrected chi connectivity index (χ0v) is 19.4. The van der Waals surface area contributed by atoms with Gasteiger partial charge in [0.25, 0.3) is 11.8 Å². The highest BCUT2D eigenvalue weighted by Gasteiger charge is 2.32. The Bertz CT molecular complexity index is 1180. The normalized spacial score (nSPS) is 20.1. The van der Waals surface area contributed by atoms with E-state index in [1.165, 1.54) is 0 Å². The zero-order chi connectivity index (χ0) is 24.2. The van der Waals surface area contributed by atoms with E-state index < -0.39 is 6.10 Å². The number of para-hydroxylation sites is 1. The highest BCUT2D eigenvalue weighted by atomic mass is 16.5. The summed E-state index contributed by atoms with van der Waals surface area (Å²) in [5.74, 6) is 1.14. The van der Waals surface area contributed by atoms with Crippen molar-refractivity contribution in [3.63, 3.8) is 0 Å². The average Bonchev–Trinajstić information content (AvgIpc) is 3.57. The summed E-state index contributed by atoms with van der Waals surface area (Å²) in [6.07, 6.45) is 2.71. The second kappa shape index (κ2) is 10.3. The number of nitrogens with zero attached hydrogens (tertiary/aromatic N) is 4. The molecular weight excluding hydrogens is 448 g/mol. The Morgan fingerprint density at radius 3 is 2.71 bits per heavy atom. The molecule has 0 spiro atoms. The van der Waals surface area contributed by atoms with Crippen LogP contribution in [0, 0.1) is 0 Å². The molecule has 2 aromatic carbocycles. The lowest BCUT2D eigenvalue weighted by Gasteiger charge is -2.33. The van der Waals surface area contributed by atoms with E-state index in [1.807, 2.05) is 36.4 Å². The van der Waals surface area contributed by atoms with Crippen LogP contribution in [0.5, 0.6) is 5.75 Å². The number of rotatable bonds is 6. The Balaban J connectivity index is 1.29. The fourth-order valence-corrected chi connectivity index (χ4v) is 4.62. The lowest BCUT2D eigenvalue weighted by atomic mass is 10.0. The van der Waals surface area contributed by atoms with Crippen molar-refractivity contribution in [2.24, 2.45) is 0 Å². The summed E-state index contributed by atoms with van der Waals surface area (Å²) in [5, 5.41) is 13.9. The molecule has 0 aliphatic carbocycles. The Labute approximate surface area is 203 Å². The molecule has 0 bridgehead atoms. The molecule has 5 rings (SSSR count). The number of aliphatic hydroxyl groups is 1. The molecule has 0 saturated carbocycles. The first-order valence-electron chi connectivity index (χ1n) is 12.0. The van der Waals surface area contributed by atoms with Crippen LogP contribution in [0.2, 0.25) is 0 Å². The van der Waals surface area contributed by atoms with Crippen molar-refractivity contribution in [1.29, 1.82) is 0 Å². The van der Waals surface area contributed by atoms with Gasteiger partial charge in [0, 0.05) is 30.8 Å². The molecule has 2 fully saturated rings. The fraction of sp³-hybridized carbons (Fsp3) is 0.385. The summed E-state index contributed by atoms with van der Waals surface area (Å²) in [6.45, 7) is 1.42. The van der Waals surface area contributed by atoms with Crippen molar-refractivity contribution < 1.29 is 24.0 Å². The Kier molecular flexibility index (Phi) is 6.76. The maximum Gasteiger partial charge on any atom is 0.261 e. The number of carbonyl (C=O) groups excluding carboxylic acids is 2. The number of hydrogen-bond acceptors (Lipinski definition) is 7. The van der Waals surface area contributed by atoms with Crippen LogP contribution in [-0.2, 0) is 4.79 Å². The third-order valence-electron chi connectivity index (χ3n) is 6.47. The topological polar surface area (TPSA) is 109 Å². The molecule has 2 aliphatic rings. The Hall–Kier alpha value is -3.72. The smallest absolute Gasteiger partial charge is 0.261 e. The number of hydrogen-bond donors (Lipinski definition) is 1. The highest BCUT2D eigenvalue weighted by molar-refractivity contribution is 5.95. The van der Waals surface area contributed by atoms with E-state index in [-0.39, 0.29) is 24.5 Å². The van der Waals surface area contributed by atoms with Gasteiger partial charge in [0.15, 0.2) is 6.61 Å². The number of benzene rings is 2. The first-order valence-corrected chi connectivity index (χ1v) is 12.0. The molecule has 2 saturated heterocycles. The van der Waals surface area contributed by atoms with Gasteiger partial charge in [-0.15, -0.1) is 0 Å². The molecule has 1 aromatic heterocycles. The maximum atomic E-state index is 13.0. The van der Waals surface area contributed by atoms with Crippen molar-refractivity contribution in [2.45, 2.75) is 37.8 Å². The van der Waals surface area contributed by atoms with Crippen molar-refractivity contribution >= 4 is 11.8 Å². The van der Waals surface area contributed by atoms with Gasteiger partial charge in [-0.2, -0.15) is 4.98 Å². The molecule has 0 radical (unpaired) electrons. The molecule has 1 N–H and O–H groups in total. The molecule has 2 unspecified atom stereocenters. The molecule has 2 atom stereocenters. The minimum atomic E-state index is -0.471. The van der Waals surface area contributed by atoms with Crippen LogP contribution in [0.1, 0.15) is 48.0 Å². The quantitative estimate of drug-likeness (QED) is 0.582. The lowest BCUT2D eigenvalue weighted by molar-refractivity contribution is -0.138. The fourth-order valence-electron chi connectivity index (χ4n) is 4.62. The van der Waals surface area contributed by atoms with Gasteiger partial charge in [-0.1, -0.05) is 35.5 Å². The van der Waals surface area contributed by atoms with Crippen molar-refractivity contribution in [3.8, 4) is 17.1 Å². The average molecular weight is 477 g/mol. The molecule has 9 heteroatoms.